The zero-order valence-electron chi connectivity index (χ0n) is 10.4. The van der Waals surface area contributed by atoms with E-state index in [9.17, 15) is 10.2 Å². The van der Waals surface area contributed by atoms with Crippen molar-refractivity contribution in [3.63, 3.8) is 0 Å². The number of benzene rings is 2. The second-order valence-electron chi connectivity index (χ2n) is 4.66. The quantitative estimate of drug-likeness (QED) is 0.869. The number of aromatic hydroxyl groups is 2. The fraction of sp³-hybridized carbons (Fsp3) is 0.200. The zero-order chi connectivity index (χ0) is 13.2. The van der Waals surface area contributed by atoms with E-state index in [2.05, 4.69) is 0 Å². The second kappa shape index (κ2) is 4.61. The van der Waals surface area contributed by atoms with Crippen LogP contribution in [0, 0.1) is 0 Å². The minimum atomic E-state index is -0.540. The van der Waals surface area contributed by atoms with Crippen molar-refractivity contribution in [1.82, 2.24) is 0 Å². The van der Waals surface area contributed by atoms with Gasteiger partial charge in [-0.05, 0) is 43.7 Å². The van der Waals surface area contributed by atoms with Crippen LogP contribution in [0.2, 0.25) is 0 Å². The molecule has 0 radical (unpaired) electrons. The van der Waals surface area contributed by atoms with Crippen molar-refractivity contribution in [2.75, 3.05) is 0 Å². The monoisotopic (exact) mass is 244 g/mol. The Hall–Kier alpha value is -2.16. The number of ether oxygens (including phenoxy) is 1. The minimum Gasteiger partial charge on any atom is -0.508 e. The van der Waals surface area contributed by atoms with Gasteiger partial charge in [-0.1, -0.05) is 18.2 Å². The summed E-state index contributed by atoms with van der Waals surface area (Å²) in [6, 6.07) is 13.6. The molecule has 0 amide bonds. The van der Waals surface area contributed by atoms with Gasteiger partial charge in [0.05, 0.1) is 0 Å². The SMILES string of the molecule is CC(C)(Oc1cccc(O)c1)c1ccc(O)cc1. The first kappa shape index (κ1) is 12.3. The Bertz CT molecular complexity index is 530. The topological polar surface area (TPSA) is 49.7 Å². The predicted molar refractivity (Wildman–Crippen MR) is 69.9 cm³/mol. The van der Waals surface area contributed by atoms with Gasteiger partial charge < -0.3 is 14.9 Å². The summed E-state index contributed by atoms with van der Waals surface area (Å²) in [4.78, 5) is 0. The molecule has 2 N–H and O–H groups in total. The van der Waals surface area contributed by atoms with Crippen LogP contribution in [-0.4, -0.2) is 10.2 Å². The van der Waals surface area contributed by atoms with E-state index in [1.807, 2.05) is 26.0 Å². The Morgan fingerprint density at radius 3 is 2.17 bits per heavy atom. The van der Waals surface area contributed by atoms with Crippen LogP contribution in [0.5, 0.6) is 17.2 Å². The molecule has 0 fully saturated rings. The van der Waals surface area contributed by atoms with E-state index in [1.165, 1.54) is 0 Å². The first-order valence-electron chi connectivity index (χ1n) is 5.75. The smallest absolute Gasteiger partial charge is 0.128 e. The maximum Gasteiger partial charge on any atom is 0.128 e. The summed E-state index contributed by atoms with van der Waals surface area (Å²) >= 11 is 0. The predicted octanol–water partition coefficient (Wildman–Crippen LogP) is 3.41. The number of rotatable bonds is 3. The third-order valence-electron chi connectivity index (χ3n) is 2.75. The largest absolute Gasteiger partial charge is 0.508 e. The standard InChI is InChI=1S/C15H16O3/c1-15(2,11-6-8-12(16)9-7-11)18-14-5-3-4-13(17)10-14/h3-10,16-17H,1-2H3. The van der Waals surface area contributed by atoms with Crippen LogP contribution in [0.15, 0.2) is 48.5 Å². The first-order chi connectivity index (χ1) is 8.47. The molecule has 0 unspecified atom stereocenters. The maximum absolute atomic E-state index is 9.40. The lowest BCUT2D eigenvalue weighted by Crippen LogP contribution is -2.25. The van der Waals surface area contributed by atoms with E-state index in [4.69, 9.17) is 4.74 Å². The van der Waals surface area contributed by atoms with Crippen molar-refractivity contribution in [1.29, 1.82) is 0 Å². The van der Waals surface area contributed by atoms with Crippen molar-refractivity contribution in [3.05, 3.63) is 54.1 Å². The highest BCUT2D eigenvalue weighted by Gasteiger charge is 2.22. The summed E-state index contributed by atoms with van der Waals surface area (Å²) in [5.41, 5.74) is 0.408. The van der Waals surface area contributed by atoms with Gasteiger partial charge in [0.1, 0.15) is 22.8 Å². The van der Waals surface area contributed by atoms with Crippen LogP contribution in [0.4, 0.5) is 0 Å². The lowest BCUT2D eigenvalue weighted by molar-refractivity contribution is 0.108. The molecule has 3 nitrogen and oxygen atoms in total. The number of hydrogen-bond donors (Lipinski definition) is 2. The van der Waals surface area contributed by atoms with E-state index in [-0.39, 0.29) is 11.5 Å². The fourth-order valence-electron chi connectivity index (χ4n) is 1.76. The molecule has 3 heteroatoms. The summed E-state index contributed by atoms with van der Waals surface area (Å²) in [6.45, 7) is 3.87. The number of phenolic OH excluding ortho intramolecular Hbond substituents is 2. The van der Waals surface area contributed by atoms with Gasteiger partial charge in [-0.15, -0.1) is 0 Å². The Kier molecular flexibility index (Phi) is 3.15. The molecular formula is C15H16O3. The van der Waals surface area contributed by atoms with E-state index in [0.717, 1.165) is 5.56 Å². The third kappa shape index (κ3) is 2.74. The third-order valence-corrected chi connectivity index (χ3v) is 2.75. The molecule has 0 aliphatic rings. The van der Waals surface area contributed by atoms with Gasteiger partial charge in [0.15, 0.2) is 0 Å². The van der Waals surface area contributed by atoms with Gasteiger partial charge in [0.25, 0.3) is 0 Å². The van der Waals surface area contributed by atoms with Crippen LogP contribution in [0.25, 0.3) is 0 Å². The Morgan fingerprint density at radius 2 is 1.56 bits per heavy atom. The van der Waals surface area contributed by atoms with Crippen molar-refractivity contribution < 1.29 is 14.9 Å². The molecule has 94 valence electrons. The minimum absolute atomic E-state index is 0.175. The van der Waals surface area contributed by atoms with Crippen LogP contribution >= 0.6 is 0 Å². The Morgan fingerprint density at radius 1 is 0.889 bits per heavy atom. The molecule has 0 saturated heterocycles. The molecule has 0 aromatic heterocycles. The fourth-order valence-corrected chi connectivity index (χ4v) is 1.76. The van der Waals surface area contributed by atoms with Crippen LogP contribution in [0.3, 0.4) is 0 Å². The molecule has 0 aliphatic carbocycles. The van der Waals surface area contributed by atoms with Crippen LogP contribution in [0.1, 0.15) is 19.4 Å². The summed E-state index contributed by atoms with van der Waals surface area (Å²) < 4.78 is 5.87. The molecule has 0 bridgehead atoms. The van der Waals surface area contributed by atoms with Crippen molar-refractivity contribution >= 4 is 0 Å². The van der Waals surface area contributed by atoms with Crippen molar-refractivity contribution in [2.45, 2.75) is 19.4 Å². The highest BCUT2D eigenvalue weighted by Crippen LogP contribution is 2.30. The summed E-state index contributed by atoms with van der Waals surface area (Å²) in [7, 11) is 0. The van der Waals surface area contributed by atoms with E-state index in [1.54, 1.807) is 36.4 Å². The van der Waals surface area contributed by atoms with E-state index < -0.39 is 5.60 Å². The lowest BCUT2D eigenvalue weighted by atomic mass is 9.98. The number of phenols is 2. The Labute approximate surface area is 106 Å². The van der Waals surface area contributed by atoms with Gasteiger partial charge in [0.2, 0.25) is 0 Å². The summed E-state index contributed by atoms with van der Waals surface area (Å²) in [5, 5.41) is 18.7. The molecule has 0 aliphatic heterocycles. The molecular weight excluding hydrogens is 228 g/mol. The van der Waals surface area contributed by atoms with Gasteiger partial charge in [-0.2, -0.15) is 0 Å². The Balaban J connectivity index is 2.23. The molecule has 2 rings (SSSR count). The van der Waals surface area contributed by atoms with Crippen LogP contribution in [-0.2, 0) is 5.60 Å². The molecule has 0 saturated carbocycles. The maximum atomic E-state index is 9.40. The van der Waals surface area contributed by atoms with E-state index >= 15 is 0 Å². The average molecular weight is 244 g/mol. The lowest BCUT2D eigenvalue weighted by Gasteiger charge is -2.27. The van der Waals surface area contributed by atoms with Gasteiger partial charge in [0, 0.05) is 6.07 Å². The highest BCUT2D eigenvalue weighted by molar-refractivity contribution is 5.34. The van der Waals surface area contributed by atoms with Crippen molar-refractivity contribution in [3.8, 4) is 17.2 Å². The van der Waals surface area contributed by atoms with Gasteiger partial charge >= 0.3 is 0 Å². The van der Waals surface area contributed by atoms with Gasteiger partial charge in [-0.25, -0.2) is 0 Å². The van der Waals surface area contributed by atoms with Crippen molar-refractivity contribution in [2.24, 2.45) is 0 Å². The first-order valence-corrected chi connectivity index (χ1v) is 5.75. The number of hydrogen-bond acceptors (Lipinski definition) is 3. The summed E-state index contributed by atoms with van der Waals surface area (Å²) in [6.07, 6.45) is 0. The molecule has 2 aromatic carbocycles. The molecule has 0 heterocycles. The molecule has 0 spiro atoms. The normalized spacial score (nSPS) is 11.2. The second-order valence-corrected chi connectivity index (χ2v) is 4.66. The van der Waals surface area contributed by atoms with E-state index in [0.29, 0.717) is 5.75 Å². The average Bonchev–Trinajstić information content (AvgIpc) is 2.29. The van der Waals surface area contributed by atoms with Gasteiger partial charge in [-0.3, -0.25) is 0 Å². The zero-order valence-corrected chi connectivity index (χ0v) is 10.4. The molecule has 2 aromatic rings. The molecule has 18 heavy (non-hydrogen) atoms. The summed E-state index contributed by atoms with van der Waals surface area (Å²) in [5.74, 6) is 1.01. The molecule has 0 atom stereocenters. The van der Waals surface area contributed by atoms with Crippen LogP contribution < -0.4 is 4.74 Å². The highest BCUT2D eigenvalue weighted by atomic mass is 16.5.